The van der Waals surface area contributed by atoms with Crippen molar-refractivity contribution >= 4 is 5.69 Å². The second kappa shape index (κ2) is 7.04. The molecule has 1 rings (SSSR count). The third kappa shape index (κ3) is 5.21. The predicted molar refractivity (Wildman–Crippen MR) is 78.2 cm³/mol. The van der Waals surface area contributed by atoms with E-state index in [2.05, 4.69) is 44.0 Å². The summed E-state index contributed by atoms with van der Waals surface area (Å²) in [5.74, 6) is 0.848. The molecule has 0 aromatic heterocycles. The van der Waals surface area contributed by atoms with E-state index in [0.29, 0.717) is 11.8 Å². The standard InChI is InChI=1S/C16H23N3/c1-13(2)10-16(12-17,11-14(3)4)19-18-15-8-6-5-7-9-15/h5-9,13-14H,10-11H2,1-4H3. The summed E-state index contributed by atoms with van der Waals surface area (Å²) in [5.41, 5.74) is 0.104. The SMILES string of the molecule is CC(C)CC(C#N)(CC(C)C)N=Nc1ccccc1. The average molecular weight is 257 g/mol. The van der Waals surface area contributed by atoms with Crippen molar-refractivity contribution in [1.82, 2.24) is 0 Å². The Morgan fingerprint density at radius 1 is 1.05 bits per heavy atom. The van der Waals surface area contributed by atoms with Crippen LogP contribution in [-0.2, 0) is 0 Å². The first kappa shape index (κ1) is 15.4. The van der Waals surface area contributed by atoms with Gasteiger partial charge in [-0.2, -0.15) is 15.5 Å². The molecule has 0 unspecified atom stereocenters. The van der Waals surface area contributed by atoms with Gasteiger partial charge in [-0.05, 0) is 36.8 Å². The normalized spacial score (nSPS) is 12.3. The van der Waals surface area contributed by atoms with Crippen LogP contribution >= 0.6 is 0 Å². The van der Waals surface area contributed by atoms with E-state index in [1.807, 2.05) is 30.3 Å². The van der Waals surface area contributed by atoms with Gasteiger partial charge in [-0.15, -0.1) is 0 Å². The lowest BCUT2D eigenvalue weighted by atomic mass is 9.84. The van der Waals surface area contributed by atoms with E-state index in [-0.39, 0.29) is 0 Å². The number of azo groups is 1. The van der Waals surface area contributed by atoms with Crippen molar-refractivity contribution in [3.05, 3.63) is 30.3 Å². The Morgan fingerprint density at radius 2 is 1.58 bits per heavy atom. The minimum Gasteiger partial charge on any atom is -0.196 e. The number of benzene rings is 1. The Bertz CT molecular complexity index is 431. The Labute approximate surface area is 116 Å². The molecule has 0 aliphatic heterocycles. The van der Waals surface area contributed by atoms with E-state index in [1.165, 1.54) is 0 Å². The fourth-order valence-electron chi connectivity index (χ4n) is 2.28. The van der Waals surface area contributed by atoms with Crippen LogP contribution in [0.25, 0.3) is 0 Å². The summed E-state index contributed by atoms with van der Waals surface area (Å²) >= 11 is 0. The maximum absolute atomic E-state index is 9.55. The lowest BCUT2D eigenvalue weighted by Gasteiger charge is -2.24. The molecule has 3 heteroatoms. The van der Waals surface area contributed by atoms with Gasteiger partial charge in [0.2, 0.25) is 0 Å². The molecule has 0 aliphatic rings. The highest BCUT2D eigenvalue weighted by molar-refractivity contribution is 5.35. The Hall–Kier alpha value is -1.69. The molecule has 0 N–H and O–H groups in total. The van der Waals surface area contributed by atoms with Crippen molar-refractivity contribution in [3.8, 4) is 6.07 Å². The zero-order valence-electron chi connectivity index (χ0n) is 12.3. The molecule has 0 aliphatic carbocycles. The lowest BCUT2D eigenvalue weighted by Crippen LogP contribution is -2.28. The summed E-state index contributed by atoms with van der Waals surface area (Å²) in [6.07, 6.45) is 1.50. The Morgan fingerprint density at radius 3 is 2.00 bits per heavy atom. The highest BCUT2D eigenvalue weighted by Crippen LogP contribution is 2.30. The fourth-order valence-corrected chi connectivity index (χ4v) is 2.28. The fraction of sp³-hybridized carbons (Fsp3) is 0.562. The number of nitriles is 1. The molecule has 3 nitrogen and oxygen atoms in total. The third-order valence-electron chi connectivity index (χ3n) is 2.81. The van der Waals surface area contributed by atoms with Crippen LogP contribution in [0, 0.1) is 23.2 Å². The molecule has 0 atom stereocenters. The highest BCUT2D eigenvalue weighted by atomic mass is 15.2. The number of rotatable bonds is 6. The zero-order valence-corrected chi connectivity index (χ0v) is 12.3. The monoisotopic (exact) mass is 257 g/mol. The van der Waals surface area contributed by atoms with Crippen LogP contribution in [0.1, 0.15) is 40.5 Å². The second-order valence-corrected chi connectivity index (χ2v) is 5.87. The van der Waals surface area contributed by atoms with Gasteiger partial charge in [-0.25, -0.2) is 0 Å². The first-order valence-electron chi connectivity index (χ1n) is 6.86. The number of hydrogen-bond acceptors (Lipinski definition) is 3. The molecule has 1 aromatic rings. The summed E-state index contributed by atoms with van der Waals surface area (Å²) in [4.78, 5) is 0. The summed E-state index contributed by atoms with van der Waals surface area (Å²) < 4.78 is 0. The van der Waals surface area contributed by atoms with E-state index in [0.717, 1.165) is 18.5 Å². The van der Waals surface area contributed by atoms with Crippen molar-refractivity contribution in [2.24, 2.45) is 22.1 Å². The van der Waals surface area contributed by atoms with Crippen LogP contribution < -0.4 is 0 Å². The van der Waals surface area contributed by atoms with Crippen molar-refractivity contribution < 1.29 is 0 Å². The van der Waals surface area contributed by atoms with E-state index >= 15 is 0 Å². The molecule has 0 bridgehead atoms. The van der Waals surface area contributed by atoms with Gasteiger partial charge in [0.1, 0.15) is 0 Å². The van der Waals surface area contributed by atoms with Crippen molar-refractivity contribution in [2.75, 3.05) is 0 Å². The average Bonchev–Trinajstić information content (AvgIpc) is 2.36. The number of hydrogen-bond donors (Lipinski definition) is 0. The van der Waals surface area contributed by atoms with Gasteiger partial charge < -0.3 is 0 Å². The Kier molecular flexibility index (Phi) is 5.69. The molecule has 19 heavy (non-hydrogen) atoms. The largest absolute Gasteiger partial charge is 0.196 e. The smallest absolute Gasteiger partial charge is 0.168 e. The summed E-state index contributed by atoms with van der Waals surface area (Å²) in [7, 11) is 0. The van der Waals surface area contributed by atoms with E-state index in [4.69, 9.17) is 0 Å². The molecule has 102 valence electrons. The second-order valence-electron chi connectivity index (χ2n) is 5.87. The molecule has 1 aromatic carbocycles. The molecule has 0 fully saturated rings. The first-order valence-corrected chi connectivity index (χ1v) is 6.86. The number of nitrogens with zero attached hydrogens (tertiary/aromatic N) is 3. The molecule has 0 radical (unpaired) electrons. The molecule has 0 saturated heterocycles. The highest BCUT2D eigenvalue weighted by Gasteiger charge is 2.32. The minimum atomic E-state index is -0.696. The first-order chi connectivity index (χ1) is 8.97. The van der Waals surface area contributed by atoms with Crippen LogP contribution in [0.2, 0.25) is 0 Å². The van der Waals surface area contributed by atoms with Crippen LogP contribution in [0.3, 0.4) is 0 Å². The third-order valence-corrected chi connectivity index (χ3v) is 2.81. The van der Waals surface area contributed by atoms with Gasteiger partial charge in [0.15, 0.2) is 5.54 Å². The van der Waals surface area contributed by atoms with E-state index in [1.54, 1.807) is 0 Å². The van der Waals surface area contributed by atoms with Crippen LogP contribution in [-0.4, -0.2) is 5.54 Å². The summed E-state index contributed by atoms with van der Waals surface area (Å²) in [6, 6.07) is 12.0. The van der Waals surface area contributed by atoms with Gasteiger partial charge in [-0.1, -0.05) is 45.9 Å². The van der Waals surface area contributed by atoms with Crippen molar-refractivity contribution in [1.29, 1.82) is 5.26 Å². The maximum Gasteiger partial charge on any atom is 0.168 e. The molecule has 0 saturated carbocycles. The van der Waals surface area contributed by atoms with Gasteiger partial charge >= 0.3 is 0 Å². The summed E-state index contributed by atoms with van der Waals surface area (Å²) in [6.45, 7) is 8.46. The minimum absolute atomic E-state index is 0.424. The van der Waals surface area contributed by atoms with Gasteiger partial charge in [-0.3, -0.25) is 0 Å². The summed E-state index contributed by atoms with van der Waals surface area (Å²) in [5, 5.41) is 18.2. The maximum atomic E-state index is 9.55. The topological polar surface area (TPSA) is 48.5 Å². The van der Waals surface area contributed by atoms with Gasteiger partial charge in [0, 0.05) is 0 Å². The van der Waals surface area contributed by atoms with Crippen LogP contribution in [0.5, 0.6) is 0 Å². The predicted octanol–water partition coefficient (Wildman–Crippen LogP) is 5.12. The molecular weight excluding hydrogens is 234 g/mol. The molecular formula is C16H23N3. The Balaban J connectivity index is 2.96. The van der Waals surface area contributed by atoms with Gasteiger partial charge in [0.25, 0.3) is 0 Å². The van der Waals surface area contributed by atoms with E-state index < -0.39 is 5.54 Å². The molecule has 0 amide bonds. The lowest BCUT2D eigenvalue weighted by molar-refractivity contribution is 0.343. The quantitative estimate of drug-likeness (QED) is 0.652. The van der Waals surface area contributed by atoms with Crippen molar-refractivity contribution in [3.63, 3.8) is 0 Å². The molecule has 0 heterocycles. The zero-order chi connectivity index (χ0) is 14.3. The van der Waals surface area contributed by atoms with Crippen LogP contribution in [0.4, 0.5) is 5.69 Å². The van der Waals surface area contributed by atoms with Crippen molar-refractivity contribution in [2.45, 2.75) is 46.1 Å². The van der Waals surface area contributed by atoms with Gasteiger partial charge in [0.05, 0.1) is 11.8 Å². The van der Waals surface area contributed by atoms with E-state index in [9.17, 15) is 5.26 Å². The molecule has 0 spiro atoms. The van der Waals surface area contributed by atoms with Crippen LogP contribution in [0.15, 0.2) is 40.6 Å².